The van der Waals surface area contributed by atoms with E-state index in [4.69, 9.17) is 4.74 Å². The van der Waals surface area contributed by atoms with Crippen LogP contribution in [0.3, 0.4) is 0 Å². The predicted molar refractivity (Wildman–Crippen MR) is 72.9 cm³/mol. The van der Waals surface area contributed by atoms with Crippen molar-refractivity contribution < 1.29 is 14.8 Å². The van der Waals surface area contributed by atoms with Gasteiger partial charge >= 0.3 is 0 Å². The van der Waals surface area contributed by atoms with Gasteiger partial charge in [-0.15, -0.1) is 0 Å². The molecule has 0 atom stereocenters. The lowest BCUT2D eigenvalue weighted by molar-refractivity contribution is -0.384. The van der Waals surface area contributed by atoms with Crippen molar-refractivity contribution in [1.29, 1.82) is 0 Å². The van der Waals surface area contributed by atoms with Crippen molar-refractivity contribution in [1.82, 2.24) is 4.98 Å². The molecule has 2 aromatic rings. The van der Waals surface area contributed by atoms with Crippen molar-refractivity contribution in [3.8, 4) is 11.6 Å². The van der Waals surface area contributed by atoms with Gasteiger partial charge in [-0.2, -0.15) is 0 Å². The first-order valence-electron chi connectivity index (χ1n) is 5.81. The minimum absolute atomic E-state index is 0.151. The van der Waals surface area contributed by atoms with E-state index in [1.54, 1.807) is 18.2 Å². The lowest BCUT2D eigenvalue weighted by Gasteiger charge is -2.08. The molecule has 0 aliphatic rings. The number of nitrogens with one attached hydrogen (secondary N) is 1. The zero-order chi connectivity index (χ0) is 14.5. The zero-order valence-corrected chi connectivity index (χ0v) is 10.7. The summed E-state index contributed by atoms with van der Waals surface area (Å²) in [5.74, 6) is 0.325. The fourth-order valence-electron chi connectivity index (χ4n) is 1.68. The number of hydrogen-bond donors (Lipinski definition) is 2. The quantitative estimate of drug-likeness (QED) is 0.493. The molecule has 7 nitrogen and oxygen atoms in total. The van der Waals surface area contributed by atoms with E-state index in [0.29, 0.717) is 23.8 Å². The highest BCUT2D eigenvalue weighted by Crippen LogP contribution is 2.28. The molecular formula is C13H13N3O4. The number of benzene rings is 1. The number of phenolic OH excluding ortho intramolecular Hbond substituents is 1. The van der Waals surface area contributed by atoms with Crippen LogP contribution in [0.5, 0.6) is 11.6 Å². The van der Waals surface area contributed by atoms with Crippen LogP contribution in [0, 0.1) is 10.1 Å². The number of nitrogens with zero attached hydrogens (tertiary/aromatic N) is 2. The van der Waals surface area contributed by atoms with E-state index < -0.39 is 4.92 Å². The van der Waals surface area contributed by atoms with Crippen molar-refractivity contribution in [2.75, 3.05) is 12.4 Å². The highest BCUT2D eigenvalue weighted by molar-refractivity contribution is 5.63. The van der Waals surface area contributed by atoms with Crippen LogP contribution >= 0.6 is 0 Å². The lowest BCUT2D eigenvalue weighted by atomic mass is 10.2. The molecule has 0 saturated carbocycles. The molecule has 0 aliphatic carbocycles. The summed E-state index contributed by atoms with van der Waals surface area (Å²) in [6.07, 6.45) is 0. The molecule has 0 radical (unpaired) electrons. The summed E-state index contributed by atoms with van der Waals surface area (Å²) in [6, 6.07) is 9.21. The van der Waals surface area contributed by atoms with E-state index in [9.17, 15) is 15.2 Å². The third-order valence-corrected chi connectivity index (χ3v) is 2.63. The van der Waals surface area contributed by atoms with Gasteiger partial charge in [0.25, 0.3) is 5.69 Å². The maximum absolute atomic E-state index is 10.9. The Bertz CT molecular complexity index is 631. The average Bonchev–Trinajstić information content (AvgIpc) is 2.46. The molecule has 0 unspecified atom stereocenters. The molecule has 0 aliphatic heterocycles. The van der Waals surface area contributed by atoms with Crippen molar-refractivity contribution >= 4 is 11.4 Å². The number of aromatic nitrogens is 1. The van der Waals surface area contributed by atoms with E-state index in [1.807, 2.05) is 0 Å². The van der Waals surface area contributed by atoms with Crippen LogP contribution < -0.4 is 10.1 Å². The largest absolute Gasteiger partial charge is 0.508 e. The third-order valence-electron chi connectivity index (χ3n) is 2.63. The van der Waals surface area contributed by atoms with Crippen LogP contribution in [0.15, 0.2) is 36.4 Å². The zero-order valence-electron chi connectivity index (χ0n) is 10.7. The smallest absolute Gasteiger partial charge is 0.296 e. The Hall–Kier alpha value is -2.83. The molecule has 0 amide bonds. The molecule has 0 fully saturated rings. The van der Waals surface area contributed by atoms with Gasteiger partial charge in [-0.1, -0.05) is 6.07 Å². The Morgan fingerprint density at radius 1 is 1.40 bits per heavy atom. The second kappa shape index (κ2) is 5.87. The van der Waals surface area contributed by atoms with Crippen LogP contribution in [0.2, 0.25) is 0 Å². The van der Waals surface area contributed by atoms with Crippen molar-refractivity contribution in [2.24, 2.45) is 0 Å². The standard InChI is InChI=1S/C13H13N3O4/c1-20-13-4-2-3-9(15-13)8-14-11-6-5-10(17)7-12(11)16(18)19/h2-7,14,17H,8H2,1H3. The van der Waals surface area contributed by atoms with Gasteiger partial charge in [0, 0.05) is 6.07 Å². The Kier molecular flexibility index (Phi) is 3.99. The Morgan fingerprint density at radius 3 is 2.90 bits per heavy atom. The van der Waals surface area contributed by atoms with Crippen LogP contribution in [0.25, 0.3) is 0 Å². The van der Waals surface area contributed by atoms with Crippen molar-refractivity contribution in [3.63, 3.8) is 0 Å². The minimum Gasteiger partial charge on any atom is -0.508 e. The third kappa shape index (κ3) is 3.14. The normalized spacial score (nSPS) is 10.1. The number of methoxy groups -OCH3 is 1. The highest BCUT2D eigenvalue weighted by Gasteiger charge is 2.14. The average molecular weight is 275 g/mol. The van der Waals surface area contributed by atoms with Crippen molar-refractivity contribution in [2.45, 2.75) is 6.54 Å². The molecule has 2 N–H and O–H groups in total. The summed E-state index contributed by atoms with van der Waals surface area (Å²) in [6.45, 7) is 0.308. The molecule has 20 heavy (non-hydrogen) atoms. The first-order valence-corrected chi connectivity index (χ1v) is 5.81. The number of nitro benzene ring substituents is 1. The van der Waals surface area contributed by atoms with E-state index >= 15 is 0 Å². The van der Waals surface area contributed by atoms with E-state index in [-0.39, 0.29) is 11.4 Å². The molecular weight excluding hydrogens is 262 g/mol. The van der Waals surface area contributed by atoms with Crippen LogP contribution in [-0.2, 0) is 6.54 Å². The van der Waals surface area contributed by atoms with Crippen LogP contribution in [0.1, 0.15) is 5.69 Å². The molecule has 2 rings (SSSR count). The number of rotatable bonds is 5. The number of ether oxygens (including phenoxy) is 1. The molecule has 1 aromatic carbocycles. The number of anilines is 1. The Morgan fingerprint density at radius 2 is 2.20 bits per heavy atom. The molecule has 1 heterocycles. The fraction of sp³-hybridized carbons (Fsp3) is 0.154. The first-order chi connectivity index (χ1) is 9.60. The number of nitro groups is 1. The van der Waals surface area contributed by atoms with Gasteiger partial charge in [0.15, 0.2) is 0 Å². The number of pyridine rings is 1. The maximum atomic E-state index is 10.9. The van der Waals surface area contributed by atoms with Gasteiger partial charge in [0.2, 0.25) is 5.88 Å². The van der Waals surface area contributed by atoms with Gasteiger partial charge in [-0.25, -0.2) is 4.98 Å². The second-order valence-corrected chi connectivity index (χ2v) is 3.98. The Labute approximate surface area is 115 Å². The number of aromatic hydroxyl groups is 1. The molecule has 1 aromatic heterocycles. The van der Waals surface area contributed by atoms with E-state index in [0.717, 1.165) is 6.07 Å². The summed E-state index contributed by atoms with van der Waals surface area (Å²) >= 11 is 0. The second-order valence-electron chi connectivity index (χ2n) is 3.98. The summed E-state index contributed by atoms with van der Waals surface area (Å²) in [5.41, 5.74) is 0.817. The Balaban J connectivity index is 2.16. The molecule has 7 heteroatoms. The predicted octanol–water partition coefficient (Wildman–Crippen LogP) is 2.32. The fourth-order valence-corrected chi connectivity index (χ4v) is 1.68. The first kappa shape index (κ1) is 13.6. The van der Waals surface area contributed by atoms with Crippen molar-refractivity contribution in [3.05, 3.63) is 52.2 Å². The lowest BCUT2D eigenvalue weighted by Crippen LogP contribution is -2.04. The van der Waals surface area contributed by atoms with Gasteiger partial charge in [0.1, 0.15) is 11.4 Å². The molecule has 104 valence electrons. The highest BCUT2D eigenvalue weighted by atomic mass is 16.6. The van der Waals surface area contributed by atoms with Gasteiger partial charge in [-0.3, -0.25) is 10.1 Å². The topological polar surface area (TPSA) is 97.5 Å². The van der Waals surface area contributed by atoms with Gasteiger partial charge < -0.3 is 15.2 Å². The summed E-state index contributed by atoms with van der Waals surface area (Å²) in [5, 5.41) is 23.1. The maximum Gasteiger partial charge on any atom is 0.296 e. The number of hydrogen-bond acceptors (Lipinski definition) is 6. The molecule has 0 saturated heterocycles. The summed E-state index contributed by atoms with van der Waals surface area (Å²) in [4.78, 5) is 14.5. The van der Waals surface area contributed by atoms with Gasteiger partial charge in [-0.05, 0) is 18.2 Å². The van der Waals surface area contributed by atoms with Crippen LogP contribution in [0.4, 0.5) is 11.4 Å². The summed E-state index contributed by atoms with van der Waals surface area (Å²) in [7, 11) is 1.52. The van der Waals surface area contributed by atoms with E-state index in [1.165, 1.54) is 19.2 Å². The minimum atomic E-state index is -0.555. The number of phenols is 1. The summed E-state index contributed by atoms with van der Waals surface area (Å²) < 4.78 is 5.00. The SMILES string of the molecule is COc1cccc(CNc2ccc(O)cc2[N+](=O)[O-])n1. The van der Waals surface area contributed by atoms with Crippen LogP contribution in [-0.4, -0.2) is 22.1 Å². The monoisotopic (exact) mass is 275 g/mol. The molecule has 0 spiro atoms. The van der Waals surface area contributed by atoms with E-state index in [2.05, 4.69) is 10.3 Å². The van der Waals surface area contributed by atoms with Gasteiger partial charge in [0.05, 0.1) is 30.3 Å². The molecule has 0 bridgehead atoms.